The third kappa shape index (κ3) is 3.97. The van der Waals surface area contributed by atoms with E-state index in [0.717, 1.165) is 31.4 Å². The quantitative estimate of drug-likeness (QED) is 0.814. The number of ether oxygens (including phenoxy) is 1. The Labute approximate surface area is 168 Å². The summed E-state index contributed by atoms with van der Waals surface area (Å²) in [6.45, 7) is 2.28. The molecule has 0 aliphatic heterocycles. The minimum absolute atomic E-state index is 0.0981. The molecule has 0 saturated heterocycles. The van der Waals surface area contributed by atoms with Crippen LogP contribution in [-0.2, 0) is 19.3 Å². The Bertz CT molecular complexity index is 846. The van der Waals surface area contributed by atoms with Crippen LogP contribution in [0.25, 0.3) is 0 Å². The van der Waals surface area contributed by atoms with Gasteiger partial charge in [0.15, 0.2) is 0 Å². The molecule has 0 amide bonds. The molecule has 1 saturated carbocycles. The Kier molecular flexibility index (Phi) is 5.48. The molecule has 3 nitrogen and oxygen atoms in total. The van der Waals surface area contributed by atoms with E-state index in [1.165, 1.54) is 47.1 Å². The van der Waals surface area contributed by atoms with E-state index < -0.39 is 0 Å². The highest BCUT2D eigenvalue weighted by molar-refractivity contribution is 5.38. The Balaban J connectivity index is 1.44. The first-order chi connectivity index (χ1) is 13.5. The summed E-state index contributed by atoms with van der Waals surface area (Å²) < 4.78 is 5.34. The fourth-order valence-electron chi connectivity index (χ4n) is 5.20. The second-order valence-electron chi connectivity index (χ2n) is 9.09. The highest BCUT2D eigenvalue weighted by atomic mass is 16.5. The summed E-state index contributed by atoms with van der Waals surface area (Å²) in [6, 6.07) is 13.5. The largest absolute Gasteiger partial charge is 0.497 e. The smallest absolute Gasteiger partial charge is 0.119 e. The van der Waals surface area contributed by atoms with E-state index in [0.29, 0.717) is 11.8 Å². The first kappa shape index (κ1) is 19.5. The fraction of sp³-hybridized carbons (Fsp3) is 0.520. The number of nitrogens with two attached hydrogens (primary N) is 1. The van der Waals surface area contributed by atoms with Gasteiger partial charge in [-0.3, -0.25) is 0 Å². The second kappa shape index (κ2) is 7.88. The van der Waals surface area contributed by atoms with Crippen molar-refractivity contribution in [2.45, 2.75) is 63.3 Å². The lowest BCUT2D eigenvalue weighted by Crippen LogP contribution is -2.40. The van der Waals surface area contributed by atoms with Gasteiger partial charge < -0.3 is 15.6 Å². The van der Waals surface area contributed by atoms with Crippen molar-refractivity contribution >= 4 is 0 Å². The van der Waals surface area contributed by atoms with Crippen LogP contribution in [0.5, 0.6) is 5.75 Å². The van der Waals surface area contributed by atoms with Crippen LogP contribution in [0.2, 0.25) is 0 Å². The van der Waals surface area contributed by atoms with Crippen molar-refractivity contribution in [1.29, 1.82) is 0 Å². The summed E-state index contributed by atoms with van der Waals surface area (Å²) in [5.74, 6) is 2.16. The maximum Gasteiger partial charge on any atom is 0.119 e. The van der Waals surface area contributed by atoms with Crippen molar-refractivity contribution in [3.8, 4) is 5.75 Å². The Hall–Kier alpha value is -1.84. The predicted octanol–water partition coefficient (Wildman–Crippen LogP) is 4.31. The van der Waals surface area contributed by atoms with Crippen LogP contribution in [0.15, 0.2) is 36.4 Å². The highest BCUT2D eigenvalue weighted by Crippen LogP contribution is 2.41. The molecule has 4 rings (SSSR count). The molecule has 3 N–H and O–H groups in total. The normalized spacial score (nSPS) is 26.9. The third-order valence-electron chi connectivity index (χ3n) is 7.05. The molecule has 2 aliphatic rings. The summed E-state index contributed by atoms with van der Waals surface area (Å²) in [6.07, 6.45) is 7.66. The molecule has 0 bridgehead atoms. The number of rotatable bonds is 5. The van der Waals surface area contributed by atoms with Crippen LogP contribution in [-0.4, -0.2) is 24.4 Å². The first-order valence-corrected chi connectivity index (χ1v) is 10.6. The number of benzene rings is 2. The third-order valence-corrected chi connectivity index (χ3v) is 7.05. The molecule has 1 fully saturated rings. The van der Waals surface area contributed by atoms with Crippen molar-refractivity contribution in [1.82, 2.24) is 0 Å². The van der Waals surface area contributed by atoms with Crippen LogP contribution in [0, 0.1) is 12.8 Å². The zero-order valence-corrected chi connectivity index (χ0v) is 17.2. The van der Waals surface area contributed by atoms with E-state index in [9.17, 15) is 5.11 Å². The molecular weight excluding hydrogens is 346 g/mol. The molecular formula is C25H33NO2. The lowest BCUT2D eigenvalue weighted by atomic mass is 9.79. The minimum atomic E-state index is -0.373. The summed E-state index contributed by atoms with van der Waals surface area (Å²) in [7, 11) is 1.73. The predicted molar refractivity (Wildman–Crippen MR) is 114 cm³/mol. The van der Waals surface area contributed by atoms with E-state index in [1.807, 2.05) is 0 Å². The molecule has 2 aromatic rings. The molecule has 0 spiro atoms. The lowest BCUT2D eigenvalue weighted by molar-refractivity contribution is 0.198. The SMILES string of the molecule is COc1ccc(CC2CCc3cc([C@H]4CC[C@](N)(CO)C4)ccc3C2)c(C)c1. The number of hydrogen-bond acceptors (Lipinski definition) is 3. The first-order valence-electron chi connectivity index (χ1n) is 10.6. The molecule has 3 atom stereocenters. The highest BCUT2D eigenvalue weighted by Gasteiger charge is 2.36. The van der Waals surface area contributed by atoms with Gasteiger partial charge in [0.05, 0.1) is 13.7 Å². The van der Waals surface area contributed by atoms with Crippen LogP contribution in [0.3, 0.4) is 0 Å². The van der Waals surface area contributed by atoms with Gasteiger partial charge in [-0.15, -0.1) is 0 Å². The molecule has 1 unspecified atom stereocenters. The van der Waals surface area contributed by atoms with Gasteiger partial charge in [0.25, 0.3) is 0 Å². The molecule has 150 valence electrons. The summed E-state index contributed by atoms with van der Waals surface area (Å²) in [5, 5.41) is 9.55. The van der Waals surface area contributed by atoms with Crippen molar-refractivity contribution < 1.29 is 9.84 Å². The number of aliphatic hydroxyl groups is 1. The average molecular weight is 380 g/mol. The van der Waals surface area contributed by atoms with Gasteiger partial charge in [-0.1, -0.05) is 24.3 Å². The summed E-state index contributed by atoms with van der Waals surface area (Å²) in [4.78, 5) is 0. The zero-order valence-electron chi connectivity index (χ0n) is 17.2. The van der Waals surface area contributed by atoms with Crippen LogP contribution in [0.4, 0.5) is 0 Å². The Morgan fingerprint density at radius 3 is 2.71 bits per heavy atom. The van der Waals surface area contributed by atoms with Gasteiger partial charge in [0, 0.05) is 5.54 Å². The van der Waals surface area contributed by atoms with Crippen LogP contribution >= 0.6 is 0 Å². The minimum Gasteiger partial charge on any atom is -0.497 e. The standard InChI is InChI=1S/C25H33NO2/c1-17-11-24(28-2)8-7-19(17)12-18-3-4-21-14-22(6-5-20(21)13-18)23-9-10-25(26,15-23)16-27/h5-8,11,14,18,23,27H,3-4,9-10,12-13,15-16,26H2,1-2H3/t18?,23-,25+/m0/s1. The molecule has 28 heavy (non-hydrogen) atoms. The van der Waals surface area contributed by atoms with Gasteiger partial charge in [0.1, 0.15) is 5.75 Å². The molecule has 0 aromatic heterocycles. The number of fused-ring (bicyclic) bond motifs is 1. The van der Waals surface area contributed by atoms with Crippen molar-refractivity contribution in [3.63, 3.8) is 0 Å². The van der Waals surface area contributed by atoms with Crippen molar-refractivity contribution in [2.75, 3.05) is 13.7 Å². The van der Waals surface area contributed by atoms with Gasteiger partial charge in [-0.2, -0.15) is 0 Å². The summed E-state index contributed by atoms with van der Waals surface area (Å²) in [5.41, 5.74) is 13.2. The average Bonchev–Trinajstić information content (AvgIpc) is 3.12. The molecule has 3 heteroatoms. The van der Waals surface area contributed by atoms with Crippen LogP contribution in [0.1, 0.15) is 59.4 Å². The Morgan fingerprint density at radius 1 is 1.14 bits per heavy atom. The number of hydrogen-bond donors (Lipinski definition) is 2. The van der Waals surface area contributed by atoms with Crippen molar-refractivity contribution in [2.24, 2.45) is 11.7 Å². The van der Waals surface area contributed by atoms with E-state index in [1.54, 1.807) is 7.11 Å². The number of aliphatic hydroxyl groups excluding tert-OH is 1. The van der Waals surface area contributed by atoms with E-state index >= 15 is 0 Å². The van der Waals surface area contributed by atoms with Crippen molar-refractivity contribution in [3.05, 3.63) is 64.2 Å². The second-order valence-corrected chi connectivity index (χ2v) is 9.09. The summed E-state index contributed by atoms with van der Waals surface area (Å²) >= 11 is 0. The Morgan fingerprint density at radius 2 is 2.00 bits per heavy atom. The molecule has 0 radical (unpaired) electrons. The van der Waals surface area contributed by atoms with Gasteiger partial charge in [-0.05, 0) is 104 Å². The van der Waals surface area contributed by atoms with E-state index in [-0.39, 0.29) is 12.1 Å². The topological polar surface area (TPSA) is 55.5 Å². The monoisotopic (exact) mass is 379 g/mol. The van der Waals surface area contributed by atoms with Gasteiger partial charge in [0.2, 0.25) is 0 Å². The van der Waals surface area contributed by atoms with E-state index in [4.69, 9.17) is 10.5 Å². The molecule has 0 heterocycles. The lowest BCUT2D eigenvalue weighted by Gasteiger charge is -2.27. The van der Waals surface area contributed by atoms with Crippen LogP contribution < -0.4 is 10.5 Å². The number of aryl methyl sites for hydroxylation is 2. The van der Waals surface area contributed by atoms with Gasteiger partial charge >= 0.3 is 0 Å². The molecule has 2 aliphatic carbocycles. The fourth-order valence-corrected chi connectivity index (χ4v) is 5.20. The maximum atomic E-state index is 9.55. The zero-order chi connectivity index (χ0) is 19.7. The maximum absolute atomic E-state index is 9.55. The molecule has 2 aromatic carbocycles. The number of methoxy groups -OCH3 is 1. The van der Waals surface area contributed by atoms with E-state index in [2.05, 4.69) is 43.3 Å². The van der Waals surface area contributed by atoms with Gasteiger partial charge in [-0.25, -0.2) is 0 Å².